The number of hydrogen-bond acceptors (Lipinski definition) is 6. The van der Waals surface area contributed by atoms with Crippen molar-refractivity contribution >= 4 is 34.5 Å². The topological polar surface area (TPSA) is 69.1 Å². The smallest absolute Gasteiger partial charge is 0.410 e. The summed E-state index contributed by atoms with van der Waals surface area (Å²) in [7, 11) is 3.88. The third-order valence-corrected chi connectivity index (χ3v) is 7.70. The second-order valence-electron chi connectivity index (χ2n) is 9.59. The van der Waals surface area contributed by atoms with Crippen LogP contribution in [-0.2, 0) is 20.8 Å². The Kier molecular flexibility index (Phi) is 8.63. The summed E-state index contributed by atoms with van der Waals surface area (Å²) in [5.41, 5.74) is 2.01. The zero-order valence-corrected chi connectivity index (χ0v) is 22.5. The summed E-state index contributed by atoms with van der Waals surface area (Å²) in [5, 5.41) is 4.91. The van der Waals surface area contributed by atoms with E-state index in [-0.39, 0.29) is 11.9 Å². The van der Waals surface area contributed by atoms with Crippen LogP contribution >= 0.6 is 28.4 Å². The lowest BCUT2D eigenvalue weighted by Gasteiger charge is -2.35. The van der Waals surface area contributed by atoms with Gasteiger partial charge in [0.25, 0.3) is 0 Å². The fraction of sp³-hybridized carbons (Fsp3) is 0.810. The molecule has 1 saturated carbocycles. The number of likely N-dealkylation sites (N-methyl/N-ethyl adjacent to an activating group) is 2. The van der Waals surface area contributed by atoms with Crippen molar-refractivity contribution in [2.45, 2.75) is 70.3 Å². The maximum absolute atomic E-state index is 12.2. The highest BCUT2D eigenvalue weighted by Crippen LogP contribution is 2.43. The SMILES string of the molecule is CN(CCN(C)C(=O)OC(C)(C)C)Cc1cn(PI)nc1C1CCC2(CC1)OCCO2. The summed E-state index contributed by atoms with van der Waals surface area (Å²) in [5.74, 6) is 0.105. The van der Waals surface area contributed by atoms with Crippen LogP contribution in [0.3, 0.4) is 0 Å². The van der Waals surface area contributed by atoms with Crippen molar-refractivity contribution in [3.8, 4) is 0 Å². The van der Waals surface area contributed by atoms with Crippen molar-refractivity contribution < 1.29 is 19.0 Å². The van der Waals surface area contributed by atoms with Crippen molar-refractivity contribution in [2.24, 2.45) is 0 Å². The highest BCUT2D eigenvalue weighted by atomic mass is 127. The second kappa shape index (κ2) is 10.6. The predicted octanol–water partition coefficient (Wildman–Crippen LogP) is 4.37. The van der Waals surface area contributed by atoms with E-state index in [0.29, 0.717) is 32.1 Å². The lowest BCUT2D eigenvalue weighted by molar-refractivity contribution is -0.179. The molecule has 1 unspecified atom stereocenters. The zero-order chi connectivity index (χ0) is 22.6. The number of halogens is 1. The molecule has 10 heteroatoms. The van der Waals surface area contributed by atoms with E-state index in [9.17, 15) is 4.79 Å². The Morgan fingerprint density at radius 2 is 1.94 bits per heavy atom. The first-order chi connectivity index (χ1) is 14.6. The Morgan fingerprint density at radius 3 is 2.52 bits per heavy atom. The van der Waals surface area contributed by atoms with E-state index in [1.807, 2.05) is 20.8 Å². The molecule has 1 aromatic heterocycles. The minimum absolute atomic E-state index is 0.284. The van der Waals surface area contributed by atoms with Crippen molar-refractivity contribution in [2.75, 3.05) is 40.4 Å². The van der Waals surface area contributed by atoms with Gasteiger partial charge < -0.3 is 24.0 Å². The van der Waals surface area contributed by atoms with Gasteiger partial charge in [-0.15, -0.1) is 0 Å². The van der Waals surface area contributed by atoms with Crippen LogP contribution in [0.5, 0.6) is 0 Å². The summed E-state index contributed by atoms with van der Waals surface area (Å²) in [4.78, 5) is 16.1. The zero-order valence-electron chi connectivity index (χ0n) is 19.3. The maximum Gasteiger partial charge on any atom is 0.410 e. The quantitative estimate of drug-likeness (QED) is 0.361. The molecule has 1 spiro atoms. The summed E-state index contributed by atoms with van der Waals surface area (Å²) >= 11 is 2.37. The molecule has 0 bridgehead atoms. The average Bonchev–Trinajstić information content (AvgIpc) is 3.33. The fourth-order valence-corrected chi connectivity index (χ4v) is 5.26. The molecule has 0 aromatic carbocycles. The molecule has 1 aliphatic heterocycles. The third-order valence-electron chi connectivity index (χ3n) is 5.82. The molecule has 1 aromatic rings. The van der Waals surface area contributed by atoms with Gasteiger partial charge in [-0.1, -0.05) is 0 Å². The predicted molar refractivity (Wildman–Crippen MR) is 131 cm³/mol. The van der Waals surface area contributed by atoms with Gasteiger partial charge in [-0.3, -0.25) is 0 Å². The number of hydrogen-bond donors (Lipinski definition) is 0. The molecule has 2 aliphatic rings. The summed E-state index contributed by atoms with van der Waals surface area (Å²) in [6, 6.07) is 0. The van der Waals surface area contributed by atoms with Crippen LogP contribution < -0.4 is 0 Å². The highest BCUT2D eigenvalue weighted by molar-refractivity contribution is 14.2. The molecular formula is C21H36IN4O4P. The van der Waals surface area contributed by atoms with Crippen LogP contribution in [0.2, 0.25) is 0 Å². The van der Waals surface area contributed by atoms with Crippen LogP contribution in [-0.4, -0.2) is 77.2 Å². The van der Waals surface area contributed by atoms with Gasteiger partial charge in [0.05, 0.1) is 25.3 Å². The first-order valence-electron chi connectivity index (χ1n) is 11.0. The first kappa shape index (κ1) is 25.1. The lowest BCUT2D eigenvalue weighted by Crippen LogP contribution is -2.38. The Balaban J connectivity index is 1.56. The standard InChI is InChI=1S/C21H36IN4O4P/c1-20(2,3)30-19(27)25(5)11-10-24(4)14-17-15-26(31-22)23-18(17)16-6-8-21(9-7-16)28-12-13-29-21/h15-16,31H,6-14H2,1-5H3. The van der Waals surface area contributed by atoms with Crippen LogP contribution in [0.25, 0.3) is 0 Å². The number of carbonyl (C=O) groups is 1. The van der Waals surface area contributed by atoms with Gasteiger partial charge >= 0.3 is 6.09 Å². The lowest BCUT2D eigenvalue weighted by atomic mass is 9.82. The van der Waals surface area contributed by atoms with Crippen LogP contribution in [0.1, 0.15) is 63.6 Å². The molecule has 176 valence electrons. The molecule has 3 rings (SSSR count). The van der Waals surface area contributed by atoms with E-state index >= 15 is 0 Å². The molecule has 2 fully saturated rings. The maximum atomic E-state index is 12.2. The molecule has 1 atom stereocenters. The van der Waals surface area contributed by atoms with Crippen LogP contribution in [0.15, 0.2) is 6.20 Å². The molecule has 0 N–H and O–H groups in total. The molecule has 2 heterocycles. The number of carbonyl (C=O) groups excluding carboxylic acids is 1. The summed E-state index contributed by atoms with van der Waals surface area (Å²) < 4.78 is 19.3. The molecule has 31 heavy (non-hydrogen) atoms. The Bertz CT molecular complexity index is 738. The molecule has 1 amide bonds. The fourth-order valence-electron chi connectivity index (χ4n) is 4.17. The van der Waals surface area contributed by atoms with Gasteiger partial charge in [-0.25, -0.2) is 9.25 Å². The Hall–Kier alpha value is -0.480. The third kappa shape index (κ3) is 7.00. The monoisotopic (exact) mass is 566 g/mol. The number of aromatic nitrogens is 2. The molecule has 1 aliphatic carbocycles. The largest absolute Gasteiger partial charge is 0.444 e. The minimum atomic E-state index is -0.478. The van der Waals surface area contributed by atoms with Crippen molar-refractivity contribution in [3.05, 3.63) is 17.5 Å². The van der Waals surface area contributed by atoms with Crippen molar-refractivity contribution in [1.29, 1.82) is 0 Å². The number of amides is 1. The number of ether oxygens (including phenoxy) is 3. The van der Waals surface area contributed by atoms with E-state index in [4.69, 9.17) is 19.3 Å². The van der Waals surface area contributed by atoms with Gasteiger partial charge in [0, 0.05) is 57.2 Å². The summed E-state index contributed by atoms with van der Waals surface area (Å²) in [6.07, 6.45) is 6.44. The van der Waals surface area contributed by atoms with Crippen LogP contribution in [0, 0.1) is 0 Å². The number of nitrogens with zero attached hydrogens (tertiary/aromatic N) is 4. The normalized spacial score (nSPS) is 19.7. The van der Waals surface area contributed by atoms with E-state index in [0.717, 1.165) is 38.8 Å². The van der Waals surface area contributed by atoms with E-state index in [1.165, 1.54) is 11.3 Å². The van der Waals surface area contributed by atoms with E-state index in [1.54, 1.807) is 11.9 Å². The van der Waals surface area contributed by atoms with Crippen molar-refractivity contribution in [3.63, 3.8) is 0 Å². The first-order valence-corrected chi connectivity index (χ1v) is 15.0. The van der Waals surface area contributed by atoms with Gasteiger partial charge in [-0.2, -0.15) is 5.10 Å². The van der Waals surface area contributed by atoms with Gasteiger partial charge in [0.2, 0.25) is 0 Å². The molecule has 0 radical (unpaired) electrons. The van der Waals surface area contributed by atoms with Crippen LogP contribution in [0.4, 0.5) is 4.79 Å². The Labute approximate surface area is 200 Å². The minimum Gasteiger partial charge on any atom is -0.444 e. The molecular weight excluding hydrogens is 530 g/mol. The Morgan fingerprint density at radius 1 is 1.29 bits per heavy atom. The average molecular weight is 566 g/mol. The van der Waals surface area contributed by atoms with Gasteiger partial charge in [-0.05, 0) is 62.7 Å². The summed E-state index contributed by atoms with van der Waals surface area (Å²) in [6.45, 7) is 9.27. The van der Waals surface area contributed by atoms with Crippen molar-refractivity contribution in [1.82, 2.24) is 19.4 Å². The van der Waals surface area contributed by atoms with E-state index < -0.39 is 5.60 Å². The van der Waals surface area contributed by atoms with Gasteiger partial charge in [0.1, 0.15) is 5.60 Å². The van der Waals surface area contributed by atoms with Gasteiger partial charge in [0.15, 0.2) is 5.79 Å². The number of rotatable bonds is 7. The second-order valence-corrected chi connectivity index (χ2v) is 11.7. The molecule has 1 saturated heterocycles. The van der Waals surface area contributed by atoms with E-state index in [2.05, 4.69) is 44.6 Å². The highest BCUT2D eigenvalue weighted by Gasteiger charge is 2.41. The molecule has 8 nitrogen and oxygen atoms in total.